The lowest BCUT2D eigenvalue weighted by Gasteiger charge is -2.46. The molecule has 4 aromatic carbocycles. The van der Waals surface area contributed by atoms with Gasteiger partial charge in [-0.1, -0.05) is 12.1 Å². The topological polar surface area (TPSA) is 467 Å². The number of ether oxygens (including phenoxy) is 10. The minimum atomic E-state index is -2.18. The Morgan fingerprint density at radius 1 is 0.530 bits per heavy atom. The van der Waals surface area contributed by atoms with E-state index in [1.807, 2.05) is 0 Å². The van der Waals surface area contributed by atoms with Crippen LogP contribution in [0.2, 0.25) is 0 Å². The van der Waals surface area contributed by atoms with Crippen LogP contribution in [-0.2, 0) is 63.5 Å². The van der Waals surface area contributed by atoms with Gasteiger partial charge in [0.2, 0.25) is 19.0 Å². The third kappa shape index (κ3) is 14.7. The standard InChI is InChI=1S/C54H56O29/c55-25-7-5-24(6-8-25)50-34(17-27-32(77-50)15-26(56)16-33(27)78-52-48(72)45(69)43(67)36(80-52)21-76-41(65)18-38(61)62)79-54-51(47(71)44(68)37(82-54)20-75-40(64)12-4-23-2-10-29(58)31(60)14-23)83-53-49(73)46(70)42(66)35(81-53)19-74-39(63)11-3-22-1-9-28(57)30(59)13-22/h1-16,35-37,42-49,51-60,66-73H,17-21H2,(H,61,62)/p+1/b11-3+,12-4+/t35-,36-,37-,42-,43-,44-,45+,46+,47+,48-,49-,51-,52-,53+,54-/m1/s1. The van der Waals surface area contributed by atoms with Crippen molar-refractivity contribution >= 4 is 41.8 Å². The summed E-state index contributed by atoms with van der Waals surface area (Å²) in [5.74, 6) is -8.06. The van der Waals surface area contributed by atoms with Crippen LogP contribution in [0.25, 0.3) is 17.9 Å². The molecule has 4 aliphatic heterocycles. The average molecular weight is 1170 g/mol. The van der Waals surface area contributed by atoms with E-state index >= 15 is 0 Å². The second-order valence-electron chi connectivity index (χ2n) is 19.1. The van der Waals surface area contributed by atoms with Crippen LogP contribution in [0, 0.1) is 0 Å². The van der Waals surface area contributed by atoms with Gasteiger partial charge in [0.1, 0.15) is 116 Å². The Kier molecular flexibility index (Phi) is 19.3. The van der Waals surface area contributed by atoms with Crippen LogP contribution in [0.4, 0.5) is 0 Å². The molecule has 0 aliphatic carbocycles. The molecule has 0 unspecified atom stereocenters. The summed E-state index contributed by atoms with van der Waals surface area (Å²) >= 11 is 0. The van der Waals surface area contributed by atoms with Crippen LogP contribution in [-0.4, -0.2) is 212 Å². The smallest absolute Gasteiger partial charge is 0.527 e. The van der Waals surface area contributed by atoms with Gasteiger partial charge in [-0.15, -0.1) is 0 Å². The number of phenols is 6. The lowest BCUT2D eigenvalue weighted by molar-refractivity contribution is -0.363. The number of benzene rings is 4. The number of phenolic OH excluding ortho intramolecular Hbond substituents is 6. The van der Waals surface area contributed by atoms with E-state index < -0.39 is 177 Å². The number of aliphatic hydroxyl groups excluding tert-OH is 8. The van der Waals surface area contributed by atoms with E-state index in [4.69, 9.17) is 52.5 Å². The summed E-state index contributed by atoms with van der Waals surface area (Å²) in [5, 5.41) is 156. The monoisotopic (exact) mass is 1170 g/mol. The Morgan fingerprint density at radius 3 is 1.58 bits per heavy atom. The van der Waals surface area contributed by atoms with Gasteiger partial charge in [0, 0.05) is 46.6 Å². The molecular formula is C54H57O29+. The van der Waals surface area contributed by atoms with Crippen LogP contribution in [0.1, 0.15) is 28.7 Å². The lowest BCUT2D eigenvalue weighted by atomic mass is 9.97. The van der Waals surface area contributed by atoms with Gasteiger partial charge in [0.25, 0.3) is 0 Å². The van der Waals surface area contributed by atoms with Gasteiger partial charge >= 0.3 is 23.9 Å². The first-order chi connectivity index (χ1) is 39.4. The molecule has 4 aliphatic rings. The number of hydrogen-bond acceptors (Lipinski definition) is 28. The minimum absolute atomic E-state index is 0.0293. The highest BCUT2D eigenvalue weighted by Crippen LogP contribution is 2.45. The molecular weight excluding hydrogens is 1110 g/mol. The van der Waals surface area contributed by atoms with Crippen molar-refractivity contribution in [3.05, 3.63) is 113 Å². The quantitative estimate of drug-likeness (QED) is 0.0118. The van der Waals surface area contributed by atoms with E-state index in [0.29, 0.717) is 0 Å². The highest BCUT2D eigenvalue weighted by atomic mass is 16.8. The van der Waals surface area contributed by atoms with Crippen molar-refractivity contribution in [1.29, 1.82) is 0 Å². The molecule has 0 spiro atoms. The van der Waals surface area contributed by atoms with Gasteiger partial charge in [-0.25, -0.2) is 9.59 Å². The van der Waals surface area contributed by atoms with Gasteiger partial charge in [-0.05, 0) is 71.8 Å². The van der Waals surface area contributed by atoms with E-state index in [-0.39, 0.29) is 51.0 Å². The number of rotatable bonds is 19. The molecule has 3 fully saturated rings. The SMILES string of the molecule is O=C([OH2+])CC(=O)OC[C@H]1O[C@@H](Oc2cc(O)cc3c2CC(O[C@@H]2O[C@H](COC(=O)/C=C/c4ccc(O)c(O)c4)[C@@H](O)[C@H](O)[C@H]2O[C@@H]2O[C@H](COC(=O)/C=C/c4ccc(O)c(O)c4)[C@@H](O)[C@H](O)[C@H]2O)=C(c2ccc(O)cc2)O3)[C@H](O)[C@@H](O)[C@@H]1O. The molecule has 4 heterocycles. The van der Waals surface area contributed by atoms with E-state index in [9.17, 15) is 90.7 Å². The fraction of sp³-hybridized carbons (Fsp3) is 0.370. The van der Waals surface area contributed by atoms with Crippen molar-refractivity contribution in [1.82, 2.24) is 0 Å². The summed E-state index contributed by atoms with van der Waals surface area (Å²) in [6.07, 6.45) is -26.7. The number of esters is 3. The van der Waals surface area contributed by atoms with Gasteiger partial charge in [0.05, 0.1) is 0 Å². The van der Waals surface area contributed by atoms with Crippen molar-refractivity contribution in [2.45, 2.75) is 105 Å². The third-order valence-electron chi connectivity index (χ3n) is 13.2. The van der Waals surface area contributed by atoms with Gasteiger partial charge in [-0.2, -0.15) is 0 Å². The average Bonchev–Trinajstić information content (AvgIpc) is 2.98. The van der Waals surface area contributed by atoms with E-state index in [2.05, 4.69) is 0 Å². The Bertz CT molecular complexity index is 3090. The zero-order chi connectivity index (χ0) is 60.0. The zero-order valence-electron chi connectivity index (χ0n) is 42.9. The second kappa shape index (κ2) is 26.3. The molecule has 4 aromatic rings. The molecule has 0 radical (unpaired) electrons. The molecule has 0 saturated carbocycles. The number of allylic oxidation sites excluding steroid dienone is 1. The van der Waals surface area contributed by atoms with Crippen molar-refractivity contribution in [2.24, 2.45) is 0 Å². The van der Waals surface area contributed by atoms with Crippen LogP contribution in [0.15, 0.2) is 90.7 Å². The minimum Gasteiger partial charge on any atom is -0.564 e. The van der Waals surface area contributed by atoms with Crippen molar-refractivity contribution in [3.63, 3.8) is 0 Å². The first kappa shape index (κ1) is 60.8. The van der Waals surface area contributed by atoms with Crippen molar-refractivity contribution < 1.29 is 143 Å². The number of hydrogen-bond donors (Lipinski definition) is 14. The summed E-state index contributed by atoms with van der Waals surface area (Å²) in [4.78, 5) is 48.9. The molecule has 3 saturated heterocycles. The zero-order valence-corrected chi connectivity index (χ0v) is 42.9. The number of aromatic hydroxyl groups is 6. The summed E-state index contributed by atoms with van der Waals surface area (Å²) in [5.41, 5.74) is 0.652. The molecule has 0 bridgehead atoms. The first-order valence-corrected chi connectivity index (χ1v) is 25.0. The third-order valence-corrected chi connectivity index (χ3v) is 13.2. The number of carbonyl (C=O) groups excluding carboxylic acids is 4. The molecule has 0 amide bonds. The largest absolute Gasteiger partial charge is 0.564 e. The lowest BCUT2D eigenvalue weighted by Crippen LogP contribution is -2.64. The molecule has 15 atom stereocenters. The van der Waals surface area contributed by atoms with Crippen molar-refractivity contribution in [3.8, 4) is 46.0 Å². The summed E-state index contributed by atoms with van der Waals surface area (Å²) in [7, 11) is 0. The van der Waals surface area contributed by atoms with Crippen molar-refractivity contribution in [2.75, 3.05) is 19.8 Å². The van der Waals surface area contributed by atoms with Crippen LogP contribution in [0.3, 0.4) is 0 Å². The molecule has 29 nitrogen and oxygen atoms in total. The molecule has 29 heteroatoms. The first-order valence-electron chi connectivity index (χ1n) is 25.0. The fourth-order valence-electron chi connectivity index (χ4n) is 8.73. The second-order valence-corrected chi connectivity index (χ2v) is 19.1. The molecule has 16 N–H and O–H groups in total. The Morgan fingerprint density at radius 2 is 1.04 bits per heavy atom. The fourth-order valence-corrected chi connectivity index (χ4v) is 8.73. The number of aliphatic hydroxyl groups is 8. The molecule has 83 heavy (non-hydrogen) atoms. The highest BCUT2D eigenvalue weighted by molar-refractivity contribution is 5.90. The number of carbonyl (C=O) groups is 4. The summed E-state index contributed by atoms with van der Waals surface area (Å²) in [6.45, 7) is -2.43. The van der Waals surface area contributed by atoms with Crippen LogP contribution < -0.4 is 9.47 Å². The Labute approximate surface area is 467 Å². The van der Waals surface area contributed by atoms with Crippen LogP contribution in [0.5, 0.6) is 46.0 Å². The van der Waals surface area contributed by atoms with Crippen LogP contribution >= 0.6 is 0 Å². The maximum absolute atomic E-state index is 13.0. The Balaban J connectivity index is 1.09. The van der Waals surface area contributed by atoms with E-state index in [1.165, 1.54) is 48.6 Å². The predicted molar refractivity (Wildman–Crippen MR) is 272 cm³/mol. The molecule has 8 rings (SSSR count). The van der Waals surface area contributed by atoms with E-state index in [1.54, 1.807) is 0 Å². The van der Waals surface area contributed by atoms with E-state index in [0.717, 1.165) is 48.6 Å². The van der Waals surface area contributed by atoms with Gasteiger partial charge in [-0.3, -0.25) is 4.79 Å². The summed E-state index contributed by atoms with van der Waals surface area (Å²) < 4.78 is 57.9. The van der Waals surface area contributed by atoms with Gasteiger partial charge in [0.15, 0.2) is 41.2 Å². The summed E-state index contributed by atoms with van der Waals surface area (Å²) in [6, 6.07) is 14.7. The molecule has 446 valence electrons. The van der Waals surface area contributed by atoms with Gasteiger partial charge < -0.3 is 124 Å². The number of fused-ring (bicyclic) bond motifs is 1. The maximum atomic E-state index is 13.0. The predicted octanol–water partition coefficient (Wildman–Crippen LogP) is -2.24. The highest BCUT2D eigenvalue weighted by Gasteiger charge is 2.53. The normalized spacial score (nSPS) is 28.9. The molecule has 0 aromatic heterocycles. The maximum Gasteiger partial charge on any atom is 0.527 e. The Hall–Kier alpha value is -8.30.